The van der Waals surface area contributed by atoms with E-state index in [0.717, 1.165) is 5.56 Å². The van der Waals surface area contributed by atoms with Crippen LogP contribution in [0, 0.1) is 0 Å². The molecule has 0 fully saturated rings. The van der Waals surface area contributed by atoms with Crippen molar-refractivity contribution in [3.05, 3.63) is 63.3 Å². The Morgan fingerprint density at radius 3 is 2.50 bits per heavy atom. The van der Waals surface area contributed by atoms with Crippen LogP contribution < -0.4 is 0 Å². The van der Waals surface area contributed by atoms with Gasteiger partial charge in [-0.2, -0.15) is 0 Å². The van der Waals surface area contributed by atoms with Crippen LogP contribution in [-0.2, 0) is 0 Å². The summed E-state index contributed by atoms with van der Waals surface area (Å²) in [5.74, 6) is -0.0132. The fraction of sp³-hybridized carbons (Fsp3) is 0. The van der Waals surface area contributed by atoms with Crippen LogP contribution in [0.4, 0.5) is 0 Å². The molecular weight excluding hydrogens is 240 g/mol. The normalized spacial score (nSPS) is 10.8. The van der Waals surface area contributed by atoms with E-state index in [-0.39, 0.29) is 5.78 Å². The highest BCUT2D eigenvalue weighted by Crippen LogP contribution is 2.22. The molecule has 0 bridgehead atoms. The van der Waals surface area contributed by atoms with Crippen LogP contribution in [-0.4, -0.2) is 5.78 Å². The molecule has 1 nitrogen and oxygen atoms in total. The summed E-state index contributed by atoms with van der Waals surface area (Å²) in [4.78, 5) is 12.4. The topological polar surface area (TPSA) is 17.1 Å². The van der Waals surface area contributed by atoms with Crippen LogP contribution in [0.5, 0.6) is 0 Å². The first-order chi connectivity index (χ1) is 7.75. The highest BCUT2D eigenvalue weighted by Gasteiger charge is 2.04. The lowest BCUT2D eigenvalue weighted by atomic mass is 10.2. The van der Waals surface area contributed by atoms with Crippen LogP contribution in [0.1, 0.15) is 15.2 Å². The molecule has 0 amide bonds. The summed E-state index contributed by atoms with van der Waals surface area (Å²) in [6.07, 6.45) is 3.37. The Labute approximate surface area is 103 Å². The molecule has 1 aromatic heterocycles. The summed E-state index contributed by atoms with van der Waals surface area (Å²) in [5, 5.41) is 0. The molecule has 0 aliphatic rings. The van der Waals surface area contributed by atoms with Gasteiger partial charge in [-0.1, -0.05) is 48.0 Å². The van der Waals surface area contributed by atoms with Gasteiger partial charge in [0.2, 0.25) is 0 Å². The maximum atomic E-state index is 11.7. The van der Waals surface area contributed by atoms with Crippen molar-refractivity contribution in [1.29, 1.82) is 0 Å². The van der Waals surface area contributed by atoms with E-state index in [2.05, 4.69) is 0 Å². The van der Waals surface area contributed by atoms with Gasteiger partial charge in [0.05, 0.1) is 9.21 Å². The van der Waals surface area contributed by atoms with E-state index < -0.39 is 0 Å². The molecule has 0 aliphatic heterocycles. The summed E-state index contributed by atoms with van der Waals surface area (Å²) < 4.78 is 0.636. The second-order valence-corrected chi connectivity index (χ2v) is 4.93. The highest BCUT2D eigenvalue weighted by molar-refractivity contribution is 7.18. The molecule has 3 heteroatoms. The molecule has 0 spiro atoms. The zero-order valence-corrected chi connectivity index (χ0v) is 9.96. The lowest BCUT2D eigenvalue weighted by Gasteiger charge is -1.91. The highest BCUT2D eigenvalue weighted by atomic mass is 35.5. The van der Waals surface area contributed by atoms with Gasteiger partial charge in [0.15, 0.2) is 5.78 Å². The Balaban J connectivity index is 2.11. The van der Waals surface area contributed by atoms with Crippen molar-refractivity contribution in [3.8, 4) is 0 Å². The Morgan fingerprint density at radius 2 is 1.88 bits per heavy atom. The summed E-state index contributed by atoms with van der Waals surface area (Å²) >= 11 is 7.06. The molecular formula is C13H9ClOS. The standard InChI is InChI=1S/C13H9ClOS/c14-13-9-8-12(16-13)11(15)7-6-10-4-2-1-3-5-10/h1-9H/b7-6-. The minimum absolute atomic E-state index is 0.0132. The van der Waals surface area contributed by atoms with E-state index in [1.54, 1.807) is 24.3 Å². The predicted octanol–water partition coefficient (Wildman–Crippen LogP) is 4.30. The zero-order chi connectivity index (χ0) is 11.4. The zero-order valence-electron chi connectivity index (χ0n) is 8.39. The molecule has 2 aromatic rings. The lowest BCUT2D eigenvalue weighted by Crippen LogP contribution is -1.88. The van der Waals surface area contributed by atoms with Gasteiger partial charge in [-0.15, -0.1) is 11.3 Å². The lowest BCUT2D eigenvalue weighted by molar-refractivity contribution is 0.105. The number of carbonyl (C=O) groups is 1. The van der Waals surface area contributed by atoms with E-state index in [1.807, 2.05) is 30.3 Å². The summed E-state index contributed by atoms with van der Waals surface area (Å²) in [6.45, 7) is 0. The second-order valence-electron chi connectivity index (χ2n) is 3.21. The van der Waals surface area contributed by atoms with Crippen molar-refractivity contribution in [1.82, 2.24) is 0 Å². The van der Waals surface area contributed by atoms with Crippen molar-refractivity contribution >= 4 is 34.8 Å². The molecule has 0 aliphatic carbocycles. The van der Waals surface area contributed by atoms with Gasteiger partial charge in [0.25, 0.3) is 0 Å². The van der Waals surface area contributed by atoms with Crippen molar-refractivity contribution in [3.63, 3.8) is 0 Å². The number of carbonyl (C=O) groups excluding carboxylic acids is 1. The number of benzene rings is 1. The Bertz CT molecular complexity index is 514. The number of halogens is 1. The molecule has 0 saturated heterocycles. The molecule has 0 saturated carbocycles. The van der Waals surface area contributed by atoms with Gasteiger partial charge in [0.1, 0.15) is 0 Å². The monoisotopic (exact) mass is 248 g/mol. The first kappa shape index (κ1) is 11.1. The number of ketones is 1. The van der Waals surface area contributed by atoms with Crippen LogP contribution in [0.15, 0.2) is 48.5 Å². The summed E-state index contributed by atoms with van der Waals surface area (Å²) in [7, 11) is 0. The molecule has 1 aromatic carbocycles. The Kier molecular flexibility index (Phi) is 3.54. The first-order valence-electron chi connectivity index (χ1n) is 4.78. The Hall–Kier alpha value is -1.38. The first-order valence-corrected chi connectivity index (χ1v) is 5.98. The molecule has 0 atom stereocenters. The molecule has 16 heavy (non-hydrogen) atoms. The Morgan fingerprint density at radius 1 is 1.12 bits per heavy atom. The molecule has 0 N–H and O–H groups in total. The fourth-order valence-electron chi connectivity index (χ4n) is 1.26. The van der Waals surface area contributed by atoms with Gasteiger partial charge < -0.3 is 0 Å². The second kappa shape index (κ2) is 5.10. The summed E-state index contributed by atoms with van der Waals surface area (Å²) in [6, 6.07) is 13.2. The number of hydrogen-bond donors (Lipinski definition) is 0. The van der Waals surface area contributed by atoms with Crippen LogP contribution >= 0.6 is 22.9 Å². The van der Waals surface area contributed by atoms with Crippen molar-refractivity contribution < 1.29 is 4.79 Å². The minimum Gasteiger partial charge on any atom is -0.288 e. The van der Waals surface area contributed by atoms with Crippen molar-refractivity contribution in [2.24, 2.45) is 0 Å². The molecule has 1 heterocycles. The summed E-state index contributed by atoms with van der Waals surface area (Å²) in [5.41, 5.74) is 1.01. The average molecular weight is 249 g/mol. The SMILES string of the molecule is O=C(/C=C\c1ccccc1)c1ccc(Cl)s1. The fourth-order valence-corrected chi connectivity index (χ4v) is 2.23. The molecule has 80 valence electrons. The smallest absolute Gasteiger partial charge is 0.195 e. The molecule has 0 radical (unpaired) electrons. The third-order valence-corrected chi connectivity index (χ3v) is 3.29. The van der Waals surface area contributed by atoms with E-state index in [0.29, 0.717) is 9.21 Å². The number of rotatable bonds is 3. The quantitative estimate of drug-likeness (QED) is 0.585. The largest absolute Gasteiger partial charge is 0.288 e. The maximum absolute atomic E-state index is 11.7. The average Bonchev–Trinajstić information content (AvgIpc) is 2.74. The molecule has 0 unspecified atom stereocenters. The van der Waals surface area contributed by atoms with E-state index in [9.17, 15) is 4.79 Å². The van der Waals surface area contributed by atoms with E-state index >= 15 is 0 Å². The minimum atomic E-state index is -0.0132. The third-order valence-electron chi connectivity index (χ3n) is 2.04. The maximum Gasteiger partial charge on any atom is 0.195 e. The van der Waals surface area contributed by atoms with Crippen LogP contribution in [0.2, 0.25) is 4.34 Å². The number of hydrogen-bond acceptors (Lipinski definition) is 2. The number of thiophene rings is 1. The van der Waals surface area contributed by atoms with E-state index in [1.165, 1.54) is 11.3 Å². The predicted molar refractivity (Wildman–Crippen MR) is 69.1 cm³/mol. The van der Waals surface area contributed by atoms with E-state index in [4.69, 9.17) is 11.6 Å². The van der Waals surface area contributed by atoms with Gasteiger partial charge >= 0.3 is 0 Å². The van der Waals surface area contributed by atoms with Gasteiger partial charge in [0, 0.05) is 0 Å². The van der Waals surface area contributed by atoms with Crippen LogP contribution in [0.25, 0.3) is 6.08 Å². The third kappa shape index (κ3) is 2.81. The van der Waals surface area contributed by atoms with Gasteiger partial charge in [-0.3, -0.25) is 4.79 Å². The van der Waals surface area contributed by atoms with Gasteiger partial charge in [-0.25, -0.2) is 0 Å². The number of allylic oxidation sites excluding steroid dienone is 1. The van der Waals surface area contributed by atoms with Crippen LogP contribution in [0.3, 0.4) is 0 Å². The van der Waals surface area contributed by atoms with Crippen molar-refractivity contribution in [2.45, 2.75) is 0 Å². The van der Waals surface area contributed by atoms with Crippen molar-refractivity contribution in [2.75, 3.05) is 0 Å². The van der Waals surface area contributed by atoms with Gasteiger partial charge in [-0.05, 0) is 23.8 Å². The molecule has 2 rings (SSSR count).